The molecule has 1 fully saturated rings. The normalized spacial score (nSPS) is 17.7. The summed E-state index contributed by atoms with van der Waals surface area (Å²) < 4.78 is 4.68. The van der Waals surface area contributed by atoms with Crippen LogP contribution < -0.4 is 10.6 Å². The van der Waals surface area contributed by atoms with Crippen molar-refractivity contribution in [3.63, 3.8) is 0 Å². The Hall–Kier alpha value is 0.0969. The van der Waals surface area contributed by atoms with E-state index in [1.54, 1.807) is 0 Å². The molecule has 62 valence electrons. The van der Waals surface area contributed by atoms with Gasteiger partial charge < -0.3 is 15.1 Å². The van der Waals surface area contributed by atoms with E-state index in [4.69, 9.17) is 0 Å². The zero-order valence-corrected chi connectivity index (χ0v) is 8.94. The summed E-state index contributed by atoms with van der Waals surface area (Å²) >= 11 is 0. The number of rotatable bonds is 1. The Kier molecular flexibility index (Phi) is 9.19. The second kappa shape index (κ2) is 9.10. The maximum atomic E-state index is 4.68. The quantitative estimate of drug-likeness (QED) is 0.460. The lowest BCUT2D eigenvalue weighted by Gasteiger charge is -2.11. The van der Waals surface area contributed by atoms with Crippen LogP contribution in [-0.2, 0) is 4.43 Å². The number of nitrogens with one attached hydrogen (secondary N) is 2. The van der Waals surface area contributed by atoms with E-state index in [-0.39, 0.29) is 0 Å². The summed E-state index contributed by atoms with van der Waals surface area (Å²) in [5, 5.41) is 6.44. The van der Waals surface area contributed by atoms with Crippen LogP contribution in [0.1, 0.15) is 6.92 Å². The predicted octanol–water partition coefficient (Wildman–Crippen LogP) is -1.52. The second-order valence-electron chi connectivity index (χ2n) is 2.08. The fourth-order valence-corrected chi connectivity index (χ4v) is 0.604. The number of piperazine rings is 1. The molecule has 2 N–H and O–H groups in total. The van der Waals surface area contributed by atoms with Crippen molar-refractivity contribution in [1.82, 2.24) is 10.6 Å². The molecule has 4 heteroatoms. The topological polar surface area (TPSA) is 33.3 Å². The highest BCUT2D eigenvalue weighted by Crippen LogP contribution is 1.65. The largest absolute Gasteiger partial charge is 0.428 e. The monoisotopic (exact) mass is 162 g/mol. The Morgan fingerprint density at radius 2 is 1.50 bits per heavy atom. The van der Waals surface area contributed by atoms with E-state index in [1.807, 2.05) is 6.92 Å². The average Bonchev–Trinajstić information content (AvgIpc) is 2.08. The van der Waals surface area contributed by atoms with Gasteiger partial charge in [0.1, 0.15) is 10.5 Å². The Bertz CT molecular complexity index is 46.2. The summed E-state index contributed by atoms with van der Waals surface area (Å²) in [5.41, 5.74) is 0. The van der Waals surface area contributed by atoms with Crippen LogP contribution in [0.15, 0.2) is 0 Å². The van der Waals surface area contributed by atoms with Gasteiger partial charge in [-0.15, -0.1) is 0 Å². The van der Waals surface area contributed by atoms with Gasteiger partial charge in [0.05, 0.1) is 0 Å². The minimum Gasteiger partial charge on any atom is -0.428 e. The molecule has 1 aliphatic rings. The summed E-state index contributed by atoms with van der Waals surface area (Å²) in [6.45, 7) is 7.43. The van der Waals surface area contributed by atoms with E-state index in [0.717, 1.165) is 43.3 Å². The predicted molar refractivity (Wildman–Crippen MR) is 47.3 cm³/mol. The highest BCUT2D eigenvalue weighted by Gasteiger charge is 1.91. The molecule has 1 aliphatic heterocycles. The van der Waals surface area contributed by atoms with E-state index in [9.17, 15) is 0 Å². The molecule has 0 aromatic heterocycles. The van der Waals surface area contributed by atoms with Crippen LogP contribution in [0.4, 0.5) is 0 Å². The second-order valence-corrected chi connectivity index (χ2v) is 2.65. The first-order valence-corrected chi connectivity index (χ1v) is 4.63. The Labute approximate surface area is 66.1 Å². The van der Waals surface area contributed by atoms with Crippen molar-refractivity contribution in [3.05, 3.63) is 0 Å². The molecule has 1 rings (SSSR count). The lowest BCUT2D eigenvalue weighted by Crippen LogP contribution is -2.39. The maximum Gasteiger partial charge on any atom is 0.145 e. The third-order valence-electron chi connectivity index (χ3n) is 1.25. The van der Waals surface area contributed by atoms with Crippen molar-refractivity contribution in [2.45, 2.75) is 6.92 Å². The molecule has 0 aromatic rings. The fourth-order valence-electron chi connectivity index (χ4n) is 0.604. The molecule has 1 saturated heterocycles. The SMILES string of the molecule is C1CNCCN1.CCO[SiH3]. The van der Waals surface area contributed by atoms with Gasteiger partial charge in [0.2, 0.25) is 0 Å². The Balaban J connectivity index is 0.000000180. The number of hydrogen-bond donors (Lipinski definition) is 2. The van der Waals surface area contributed by atoms with Gasteiger partial charge in [-0.25, -0.2) is 0 Å². The van der Waals surface area contributed by atoms with Crippen LogP contribution in [0, 0.1) is 0 Å². The lowest BCUT2D eigenvalue weighted by atomic mass is 10.4. The van der Waals surface area contributed by atoms with E-state index >= 15 is 0 Å². The fraction of sp³-hybridized carbons (Fsp3) is 1.00. The minimum atomic E-state index is 0.881. The third kappa shape index (κ3) is 8.10. The summed E-state index contributed by atoms with van der Waals surface area (Å²) in [4.78, 5) is 0. The molecule has 0 atom stereocenters. The van der Waals surface area contributed by atoms with Crippen molar-refractivity contribution >= 4 is 10.5 Å². The first kappa shape index (κ1) is 10.1. The van der Waals surface area contributed by atoms with E-state index in [1.165, 1.54) is 0 Å². The third-order valence-corrected chi connectivity index (χ3v) is 1.82. The van der Waals surface area contributed by atoms with Crippen LogP contribution in [0.2, 0.25) is 0 Å². The standard InChI is InChI=1S/C4H10N2.C2H8OSi/c1-2-6-4-3-5-1;1-2-3-4/h5-6H,1-4H2;2H2,1,4H3. The minimum absolute atomic E-state index is 0.881. The van der Waals surface area contributed by atoms with Gasteiger partial charge in [-0.1, -0.05) is 0 Å². The summed E-state index contributed by atoms with van der Waals surface area (Å²) in [6.07, 6.45) is 0. The van der Waals surface area contributed by atoms with Crippen LogP contribution >= 0.6 is 0 Å². The van der Waals surface area contributed by atoms with Crippen molar-refractivity contribution in [2.75, 3.05) is 32.8 Å². The Morgan fingerprint density at radius 3 is 1.60 bits per heavy atom. The molecule has 0 aromatic carbocycles. The molecule has 0 radical (unpaired) electrons. The molecule has 0 aliphatic carbocycles. The average molecular weight is 162 g/mol. The molecule has 10 heavy (non-hydrogen) atoms. The van der Waals surface area contributed by atoms with Crippen molar-refractivity contribution in [1.29, 1.82) is 0 Å². The van der Waals surface area contributed by atoms with E-state index < -0.39 is 0 Å². The van der Waals surface area contributed by atoms with Gasteiger partial charge in [0.25, 0.3) is 0 Å². The summed E-state index contributed by atoms with van der Waals surface area (Å²) in [5.74, 6) is 0. The van der Waals surface area contributed by atoms with Crippen LogP contribution in [0.25, 0.3) is 0 Å². The molecule has 0 amide bonds. The molecular formula is C6H18N2OSi. The lowest BCUT2D eigenvalue weighted by molar-refractivity contribution is 0.375. The summed E-state index contributed by atoms with van der Waals surface area (Å²) in [6, 6.07) is 0. The summed E-state index contributed by atoms with van der Waals surface area (Å²) in [7, 11) is 0.890. The first-order valence-electron chi connectivity index (χ1n) is 3.82. The maximum absolute atomic E-state index is 4.68. The van der Waals surface area contributed by atoms with Gasteiger partial charge in [-0.2, -0.15) is 0 Å². The molecule has 0 saturated carbocycles. The highest BCUT2D eigenvalue weighted by molar-refractivity contribution is 5.97. The van der Waals surface area contributed by atoms with Crippen molar-refractivity contribution in [2.24, 2.45) is 0 Å². The van der Waals surface area contributed by atoms with Crippen LogP contribution in [0.5, 0.6) is 0 Å². The molecule has 1 heterocycles. The zero-order valence-electron chi connectivity index (χ0n) is 6.94. The van der Waals surface area contributed by atoms with Gasteiger partial charge >= 0.3 is 0 Å². The van der Waals surface area contributed by atoms with Gasteiger partial charge in [0.15, 0.2) is 0 Å². The molecular weight excluding hydrogens is 144 g/mol. The van der Waals surface area contributed by atoms with E-state index in [0.29, 0.717) is 0 Å². The van der Waals surface area contributed by atoms with Crippen LogP contribution in [0.3, 0.4) is 0 Å². The smallest absolute Gasteiger partial charge is 0.145 e. The van der Waals surface area contributed by atoms with E-state index in [2.05, 4.69) is 15.1 Å². The first-order chi connectivity index (χ1) is 4.91. The van der Waals surface area contributed by atoms with Gasteiger partial charge in [-0.3, -0.25) is 0 Å². The van der Waals surface area contributed by atoms with Crippen molar-refractivity contribution < 1.29 is 4.43 Å². The zero-order chi connectivity index (χ0) is 7.66. The Morgan fingerprint density at radius 1 is 1.20 bits per heavy atom. The van der Waals surface area contributed by atoms with Gasteiger partial charge in [0, 0.05) is 32.8 Å². The molecule has 0 unspecified atom stereocenters. The highest BCUT2D eigenvalue weighted by atomic mass is 28.2. The van der Waals surface area contributed by atoms with Gasteiger partial charge in [-0.05, 0) is 6.92 Å². The molecule has 0 spiro atoms. The number of hydrogen-bond acceptors (Lipinski definition) is 3. The van der Waals surface area contributed by atoms with Crippen LogP contribution in [-0.4, -0.2) is 43.3 Å². The van der Waals surface area contributed by atoms with Crippen molar-refractivity contribution in [3.8, 4) is 0 Å². The molecule has 0 bridgehead atoms. The molecule has 3 nitrogen and oxygen atoms in total.